The van der Waals surface area contributed by atoms with Gasteiger partial charge in [0.25, 0.3) is 0 Å². The maximum atomic E-state index is 13.5. The van der Waals surface area contributed by atoms with E-state index in [1.165, 1.54) is 42.3 Å². The summed E-state index contributed by atoms with van der Waals surface area (Å²) >= 11 is 5.90. The lowest BCUT2D eigenvalue weighted by Gasteiger charge is -2.14. The lowest BCUT2D eigenvalue weighted by Crippen LogP contribution is -2.17. The summed E-state index contributed by atoms with van der Waals surface area (Å²) in [6.45, 7) is 1.50. The van der Waals surface area contributed by atoms with Crippen LogP contribution in [-0.2, 0) is 23.8 Å². The Morgan fingerprint density at radius 1 is 1.16 bits per heavy atom. The van der Waals surface area contributed by atoms with Gasteiger partial charge < -0.3 is 5.11 Å². The fraction of sp³-hybridized carbons (Fsp3) is 0.263. The second kappa shape index (κ2) is 8.28. The van der Waals surface area contributed by atoms with Gasteiger partial charge in [-0.2, -0.15) is 28.5 Å². The average molecular weight is 466 g/mol. The van der Waals surface area contributed by atoms with Crippen molar-refractivity contribution in [3.63, 3.8) is 0 Å². The highest BCUT2D eigenvalue weighted by Gasteiger charge is 2.36. The molecule has 0 fully saturated rings. The summed E-state index contributed by atoms with van der Waals surface area (Å²) in [7, 11) is 0. The molecule has 0 radical (unpaired) electrons. The molecule has 166 valence electrons. The number of halogens is 4. The fourth-order valence-corrected chi connectivity index (χ4v) is 3.51. The number of alkyl halides is 3. The topological polar surface area (TPSA) is 111 Å². The molecule has 4 heterocycles. The van der Waals surface area contributed by atoms with Crippen molar-refractivity contribution in [1.82, 2.24) is 34.6 Å². The molecule has 1 N–H and O–H groups in total. The second-order valence-corrected chi connectivity index (χ2v) is 7.39. The quantitative estimate of drug-likeness (QED) is 0.466. The summed E-state index contributed by atoms with van der Waals surface area (Å²) in [6, 6.07) is 2.35. The maximum absolute atomic E-state index is 13.5. The van der Waals surface area contributed by atoms with E-state index < -0.39 is 29.4 Å². The number of rotatable bonds is 6. The number of Topliss-reactive ketones (excluding diaryl/α,β-unsaturated/α-hetero) is 1. The first-order chi connectivity index (χ1) is 15.1. The summed E-state index contributed by atoms with van der Waals surface area (Å²) < 4.78 is 42.0. The number of aliphatic hydroxyl groups excluding tert-OH is 1. The Labute approximate surface area is 183 Å². The molecule has 0 aromatic carbocycles. The minimum Gasteiger partial charge on any atom is -0.387 e. The number of hydrogen-bond donors (Lipinski definition) is 1. The Balaban J connectivity index is 1.62. The van der Waals surface area contributed by atoms with Gasteiger partial charge >= 0.3 is 6.18 Å². The minimum atomic E-state index is -4.72. The molecule has 4 aromatic heterocycles. The van der Waals surface area contributed by atoms with Crippen LogP contribution in [0.3, 0.4) is 0 Å². The van der Waals surface area contributed by atoms with Crippen molar-refractivity contribution >= 4 is 23.0 Å². The van der Waals surface area contributed by atoms with E-state index in [9.17, 15) is 23.1 Å². The molecule has 32 heavy (non-hydrogen) atoms. The van der Waals surface area contributed by atoms with E-state index >= 15 is 0 Å². The van der Waals surface area contributed by atoms with Gasteiger partial charge in [0.05, 0.1) is 24.2 Å². The van der Waals surface area contributed by atoms with Crippen LogP contribution in [-0.4, -0.2) is 45.5 Å². The molecule has 0 aliphatic rings. The summed E-state index contributed by atoms with van der Waals surface area (Å²) in [4.78, 5) is 21.4. The molecule has 0 spiro atoms. The van der Waals surface area contributed by atoms with Crippen molar-refractivity contribution in [3.05, 3.63) is 64.5 Å². The van der Waals surface area contributed by atoms with Gasteiger partial charge in [-0.3, -0.25) is 4.79 Å². The lowest BCUT2D eigenvalue weighted by molar-refractivity contribution is -0.138. The zero-order valence-electron chi connectivity index (χ0n) is 16.5. The van der Waals surface area contributed by atoms with E-state index in [4.69, 9.17) is 11.6 Å². The summed E-state index contributed by atoms with van der Waals surface area (Å²) in [5.41, 5.74) is 0.123. The summed E-state index contributed by atoms with van der Waals surface area (Å²) in [6.07, 6.45) is -1.13. The van der Waals surface area contributed by atoms with Crippen LogP contribution >= 0.6 is 11.6 Å². The Morgan fingerprint density at radius 2 is 1.88 bits per heavy atom. The van der Waals surface area contributed by atoms with Crippen LogP contribution in [0.5, 0.6) is 0 Å². The monoisotopic (exact) mass is 465 g/mol. The number of hydrogen-bond acceptors (Lipinski definition) is 7. The highest BCUT2D eigenvalue weighted by Crippen LogP contribution is 2.33. The van der Waals surface area contributed by atoms with Gasteiger partial charge in [0.1, 0.15) is 11.3 Å². The lowest BCUT2D eigenvalue weighted by atomic mass is 10.0. The van der Waals surface area contributed by atoms with E-state index in [0.717, 1.165) is 10.9 Å². The molecule has 1 atom stereocenters. The summed E-state index contributed by atoms with van der Waals surface area (Å²) in [5.74, 6) is -0.883. The smallest absolute Gasteiger partial charge is 0.387 e. The first-order valence-corrected chi connectivity index (χ1v) is 9.67. The van der Waals surface area contributed by atoms with Gasteiger partial charge in [-0.1, -0.05) is 11.6 Å². The Morgan fingerprint density at radius 3 is 2.53 bits per heavy atom. The molecule has 9 nitrogen and oxygen atoms in total. The van der Waals surface area contributed by atoms with Crippen molar-refractivity contribution < 1.29 is 23.1 Å². The molecule has 0 saturated heterocycles. The molecular formula is C19H15ClF3N7O2. The molecule has 4 rings (SSSR count). The van der Waals surface area contributed by atoms with E-state index in [1.807, 2.05) is 0 Å². The van der Waals surface area contributed by atoms with Crippen molar-refractivity contribution in [1.29, 1.82) is 0 Å². The number of carbonyl (C=O) groups is 1. The van der Waals surface area contributed by atoms with Crippen LogP contribution in [0.2, 0.25) is 5.15 Å². The number of aliphatic hydroxyl groups is 1. The molecule has 4 aromatic rings. The van der Waals surface area contributed by atoms with Gasteiger partial charge in [-0.15, -0.1) is 4.80 Å². The van der Waals surface area contributed by atoms with Crippen LogP contribution in [0.1, 0.15) is 35.4 Å². The average Bonchev–Trinajstić information content (AvgIpc) is 3.35. The third kappa shape index (κ3) is 4.32. The molecule has 0 aliphatic heterocycles. The Hall–Kier alpha value is -3.38. The first-order valence-electron chi connectivity index (χ1n) is 9.29. The molecule has 13 heteroatoms. The van der Waals surface area contributed by atoms with E-state index in [1.54, 1.807) is 0 Å². The number of pyridine rings is 1. The van der Waals surface area contributed by atoms with Gasteiger partial charge in [0.2, 0.25) is 0 Å². The Kier molecular flexibility index (Phi) is 5.65. The molecular weight excluding hydrogens is 451 g/mol. The van der Waals surface area contributed by atoms with Crippen LogP contribution in [0, 0.1) is 0 Å². The zero-order chi connectivity index (χ0) is 23.0. The van der Waals surface area contributed by atoms with Crippen LogP contribution in [0.15, 0.2) is 36.9 Å². The van der Waals surface area contributed by atoms with Crippen LogP contribution < -0.4 is 0 Å². The van der Waals surface area contributed by atoms with Gasteiger partial charge in [-0.05, 0) is 18.6 Å². The van der Waals surface area contributed by atoms with Gasteiger partial charge in [0, 0.05) is 36.9 Å². The summed E-state index contributed by atoms with van der Waals surface area (Å²) in [5, 5.41) is 21.8. The van der Waals surface area contributed by atoms with E-state index in [0.29, 0.717) is 16.9 Å². The maximum Gasteiger partial charge on any atom is 0.420 e. The Bertz CT molecular complexity index is 1290. The number of aromatic nitrogens is 7. The molecule has 0 bridgehead atoms. The fourth-order valence-electron chi connectivity index (χ4n) is 3.33. The van der Waals surface area contributed by atoms with Gasteiger partial charge in [0.15, 0.2) is 16.6 Å². The zero-order valence-corrected chi connectivity index (χ0v) is 17.2. The number of carbonyl (C=O) groups excluding carboxylic acids is 1. The van der Waals surface area contributed by atoms with E-state index in [-0.39, 0.29) is 23.6 Å². The largest absolute Gasteiger partial charge is 0.420 e. The first kappa shape index (κ1) is 21.8. The van der Waals surface area contributed by atoms with Crippen molar-refractivity contribution in [3.8, 4) is 5.82 Å². The normalized spacial score (nSPS) is 12.9. The van der Waals surface area contributed by atoms with E-state index in [2.05, 4.69) is 25.3 Å². The molecule has 0 amide bonds. The third-order valence-electron chi connectivity index (χ3n) is 4.59. The molecule has 0 aliphatic carbocycles. The molecule has 0 unspecified atom stereocenters. The van der Waals surface area contributed by atoms with Crippen molar-refractivity contribution in [2.24, 2.45) is 0 Å². The molecule has 0 saturated carbocycles. The number of nitrogens with zero attached hydrogens (tertiary/aromatic N) is 7. The van der Waals surface area contributed by atoms with Crippen LogP contribution in [0.4, 0.5) is 13.2 Å². The van der Waals surface area contributed by atoms with Gasteiger partial charge in [-0.25, -0.2) is 14.5 Å². The van der Waals surface area contributed by atoms with Crippen molar-refractivity contribution in [2.75, 3.05) is 0 Å². The van der Waals surface area contributed by atoms with Crippen LogP contribution in [0.25, 0.3) is 11.5 Å². The SMILES string of the molecule is C[C@@H](O)c1c(CC(=O)Cc2cnc(-n3nccn3)c(C(F)(F)F)c2)cnc2cc(Cl)nn12. The third-order valence-corrected chi connectivity index (χ3v) is 4.78. The second-order valence-electron chi connectivity index (χ2n) is 7.00. The number of fused-ring (bicyclic) bond motifs is 1. The number of ketones is 1. The highest BCUT2D eigenvalue weighted by molar-refractivity contribution is 6.29. The predicted molar refractivity (Wildman–Crippen MR) is 105 cm³/mol. The predicted octanol–water partition coefficient (Wildman–Crippen LogP) is 2.78. The van der Waals surface area contributed by atoms with Crippen molar-refractivity contribution in [2.45, 2.75) is 32.0 Å². The standard InChI is InChI=1S/C19H15ClF3N7O2/c1-10(31)17-12(9-24-16-7-15(20)28-29(16)17)6-13(32)4-11-5-14(19(21,22)23)18(25-8-11)30-26-2-3-27-30/h2-3,5,7-10,31H,4,6H2,1H3/t10-/m1/s1. The highest BCUT2D eigenvalue weighted by atomic mass is 35.5. The minimum absolute atomic E-state index is 0.0769.